The van der Waals surface area contributed by atoms with Gasteiger partial charge in [-0.25, -0.2) is 9.97 Å². The topological polar surface area (TPSA) is 64.6 Å². The summed E-state index contributed by atoms with van der Waals surface area (Å²) >= 11 is 0. The number of likely N-dealkylation sites (N-methyl/N-ethyl adjacent to an activating group) is 1. The van der Waals surface area contributed by atoms with Gasteiger partial charge < -0.3 is 20.0 Å². The zero-order valence-electron chi connectivity index (χ0n) is 16.5. The molecule has 0 unspecified atom stereocenters. The summed E-state index contributed by atoms with van der Waals surface area (Å²) in [5.41, 5.74) is 2.63. The molecule has 3 heterocycles. The molecule has 2 saturated heterocycles. The van der Waals surface area contributed by atoms with Crippen LogP contribution in [0, 0.1) is 0 Å². The van der Waals surface area contributed by atoms with Crippen LogP contribution in [0.15, 0.2) is 36.7 Å². The van der Waals surface area contributed by atoms with Crippen molar-refractivity contribution in [2.45, 2.75) is 19.8 Å². The maximum absolute atomic E-state index is 12.6. The predicted molar refractivity (Wildman–Crippen MR) is 111 cm³/mol. The predicted octanol–water partition coefficient (Wildman–Crippen LogP) is 2.60. The minimum atomic E-state index is -0.0373. The van der Waals surface area contributed by atoms with Crippen LogP contribution in [0.25, 0.3) is 0 Å². The van der Waals surface area contributed by atoms with Gasteiger partial charge in [-0.2, -0.15) is 0 Å². The van der Waals surface area contributed by atoms with Gasteiger partial charge in [-0.05, 0) is 43.7 Å². The van der Waals surface area contributed by atoms with Crippen LogP contribution in [-0.4, -0.2) is 71.5 Å². The van der Waals surface area contributed by atoms with E-state index in [4.69, 9.17) is 0 Å². The van der Waals surface area contributed by atoms with Crippen LogP contribution in [-0.2, 0) is 0 Å². The molecule has 1 amide bonds. The van der Waals surface area contributed by atoms with Crippen LogP contribution < -0.4 is 10.2 Å². The number of hydrogen-bond donors (Lipinski definition) is 1. The average Bonchev–Trinajstić information content (AvgIpc) is 3.29. The number of aromatic nitrogens is 2. The Kier molecular flexibility index (Phi) is 5.71. The summed E-state index contributed by atoms with van der Waals surface area (Å²) < 4.78 is 0. The Balaban J connectivity index is 1.34. The monoisotopic (exact) mass is 380 g/mol. The number of carbonyl (C=O) groups excluding carboxylic acids is 1. The SMILES string of the molecule is CCN1CCN(C(=O)c2cnc(Nc3ccc(N4CCCC4)cc3)cn2)CC1. The lowest BCUT2D eigenvalue weighted by atomic mass is 10.2. The highest BCUT2D eigenvalue weighted by molar-refractivity contribution is 5.92. The first-order chi connectivity index (χ1) is 13.7. The van der Waals surface area contributed by atoms with Crippen molar-refractivity contribution in [1.82, 2.24) is 19.8 Å². The van der Waals surface area contributed by atoms with Gasteiger partial charge in [-0.15, -0.1) is 0 Å². The highest BCUT2D eigenvalue weighted by atomic mass is 16.2. The Morgan fingerprint density at radius 2 is 1.68 bits per heavy atom. The number of nitrogens with zero attached hydrogens (tertiary/aromatic N) is 5. The number of amides is 1. The van der Waals surface area contributed by atoms with E-state index in [1.54, 1.807) is 12.4 Å². The van der Waals surface area contributed by atoms with E-state index in [0.29, 0.717) is 11.5 Å². The van der Waals surface area contributed by atoms with Crippen molar-refractivity contribution in [3.05, 3.63) is 42.4 Å². The lowest BCUT2D eigenvalue weighted by Crippen LogP contribution is -2.48. The largest absolute Gasteiger partial charge is 0.372 e. The molecule has 2 aromatic rings. The third-order valence-electron chi connectivity index (χ3n) is 5.59. The van der Waals surface area contributed by atoms with Crippen LogP contribution in [0.2, 0.25) is 0 Å². The third kappa shape index (κ3) is 4.25. The summed E-state index contributed by atoms with van der Waals surface area (Å²) in [6, 6.07) is 8.38. The van der Waals surface area contributed by atoms with Crippen molar-refractivity contribution >= 4 is 23.1 Å². The van der Waals surface area contributed by atoms with Crippen molar-refractivity contribution in [1.29, 1.82) is 0 Å². The van der Waals surface area contributed by atoms with Gasteiger partial charge in [-0.1, -0.05) is 6.92 Å². The molecule has 4 rings (SSSR count). The second kappa shape index (κ2) is 8.56. The molecule has 0 radical (unpaired) electrons. The standard InChI is InChI=1S/C21H28N6O/c1-2-25-11-13-27(14-12-25)21(28)19-15-23-20(16-22-19)24-17-5-7-18(8-6-17)26-9-3-4-10-26/h5-8,15-16H,2-4,9-14H2,1H3,(H,23,24). The number of nitrogens with one attached hydrogen (secondary N) is 1. The van der Waals surface area contributed by atoms with Crippen molar-refractivity contribution < 1.29 is 4.79 Å². The van der Waals surface area contributed by atoms with Crippen LogP contribution in [0.5, 0.6) is 0 Å². The lowest BCUT2D eigenvalue weighted by molar-refractivity contribution is 0.0637. The van der Waals surface area contributed by atoms with E-state index in [2.05, 4.69) is 56.3 Å². The molecule has 2 fully saturated rings. The molecule has 0 aliphatic carbocycles. The normalized spacial score (nSPS) is 17.8. The maximum atomic E-state index is 12.6. The lowest BCUT2D eigenvalue weighted by Gasteiger charge is -2.33. The molecule has 0 atom stereocenters. The van der Waals surface area contributed by atoms with Crippen LogP contribution >= 0.6 is 0 Å². The Bertz CT molecular complexity index is 778. The minimum absolute atomic E-state index is 0.0373. The molecule has 1 aromatic carbocycles. The summed E-state index contributed by atoms with van der Waals surface area (Å²) in [4.78, 5) is 27.9. The Morgan fingerprint density at radius 3 is 2.29 bits per heavy atom. The molecule has 1 aromatic heterocycles. The second-order valence-electron chi connectivity index (χ2n) is 7.38. The molecule has 1 N–H and O–H groups in total. The van der Waals surface area contributed by atoms with Gasteiger partial charge in [-0.3, -0.25) is 4.79 Å². The average molecular weight is 380 g/mol. The molecule has 28 heavy (non-hydrogen) atoms. The molecule has 2 aliphatic heterocycles. The van der Waals surface area contributed by atoms with Gasteiger partial charge in [0.15, 0.2) is 0 Å². The Hall–Kier alpha value is -2.67. The molecule has 7 heteroatoms. The first kappa shape index (κ1) is 18.7. The minimum Gasteiger partial charge on any atom is -0.372 e. The number of benzene rings is 1. The number of rotatable bonds is 5. The van der Waals surface area contributed by atoms with Gasteiger partial charge in [0.05, 0.1) is 12.4 Å². The summed E-state index contributed by atoms with van der Waals surface area (Å²) in [7, 11) is 0. The van der Waals surface area contributed by atoms with Crippen molar-refractivity contribution in [2.75, 3.05) is 56.0 Å². The first-order valence-electron chi connectivity index (χ1n) is 10.2. The zero-order valence-corrected chi connectivity index (χ0v) is 16.5. The highest BCUT2D eigenvalue weighted by Crippen LogP contribution is 2.23. The summed E-state index contributed by atoms with van der Waals surface area (Å²) in [5.74, 6) is 0.603. The molecular weight excluding hydrogens is 352 g/mol. The van der Waals surface area contributed by atoms with E-state index >= 15 is 0 Å². The molecule has 0 spiro atoms. The number of carbonyl (C=O) groups is 1. The third-order valence-corrected chi connectivity index (χ3v) is 5.59. The van der Waals surface area contributed by atoms with Crippen LogP contribution in [0.3, 0.4) is 0 Å². The molecule has 0 bridgehead atoms. The van der Waals surface area contributed by atoms with E-state index in [1.165, 1.54) is 18.5 Å². The van der Waals surface area contributed by atoms with Crippen molar-refractivity contribution in [3.8, 4) is 0 Å². The maximum Gasteiger partial charge on any atom is 0.274 e. The fourth-order valence-electron chi connectivity index (χ4n) is 3.81. The number of anilines is 3. The smallest absolute Gasteiger partial charge is 0.274 e. The quantitative estimate of drug-likeness (QED) is 0.860. The van der Waals surface area contributed by atoms with E-state index in [1.807, 2.05) is 4.90 Å². The summed E-state index contributed by atoms with van der Waals surface area (Å²) in [5, 5.41) is 3.26. The van der Waals surface area contributed by atoms with Crippen molar-refractivity contribution in [2.24, 2.45) is 0 Å². The van der Waals surface area contributed by atoms with E-state index < -0.39 is 0 Å². The van der Waals surface area contributed by atoms with E-state index in [9.17, 15) is 4.79 Å². The van der Waals surface area contributed by atoms with E-state index in [0.717, 1.165) is 51.5 Å². The van der Waals surface area contributed by atoms with Gasteiger partial charge >= 0.3 is 0 Å². The molecule has 0 saturated carbocycles. The summed E-state index contributed by atoms with van der Waals surface area (Å²) in [6.45, 7) is 8.79. The van der Waals surface area contributed by atoms with E-state index in [-0.39, 0.29) is 5.91 Å². The number of hydrogen-bond acceptors (Lipinski definition) is 6. The van der Waals surface area contributed by atoms with Gasteiger partial charge in [0.2, 0.25) is 0 Å². The Labute approximate surface area is 166 Å². The van der Waals surface area contributed by atoms with Gasteiger partial charge in [0.1, 0.15) is 11.5 Å². The first-order valence-corrected chi connectivity index (χ1v) is 10.2. The molecular formula is C21H28N6O. The number of piperazine rings is 1. The highest BCUT2D eigenvalue weighted by Gasteiger charge is 2.22. The zero-order chi connectivity index (χ0) is 19.3. The molecule has 2 aliphatic rings. The molecule has 7 nitrogen and oxygen atoms in total. The second-order valence-corrected chi connectivity index (χ2v) is 7.38. The fraction of sp³-hybridized carbons (Fsp3) is 0.476. The fourth-order valence-corrected chi connectivity index (χ4v) is 3.81. The van der Waals surface area contributed by atoms with Gasteiger partial charge in [0, 0.05) is 50.6 Å². The Morgan fingerprint density at radius 1 is 0.964 bits per heavy atom. The summed E-state index contributed by atoms with van der Waals surface area (Å²) in [6.07, 6.45) is 5.74. The van der Waals surface area contributed by atoms with Crippen molar-refractivity contribution in [3.63, 3.8) is 0 Å². The van der Waals surface area contributed by atoms with Crippen LogP contribution in [0.1, 0.15) is 30.3 Å². The molecule has 148 valence electrons. The van der Waals surface area contributed by atoms with Gasteiger partial charge in [0.25, 0.3) is 5.91 Å². The van der Waals surface area contributed by atoms with Crippen LogP contribution in [0.4, 0.5) is 17.2 Å².